The number of esters is 1. The first-order chi connectivity index (χ1) is 27.1. The molecule has 2 saturated heterocycles. The van der Waals surface area contributed by atoms with E-state index in [9.17, 15) is 19.2 Å². The largest absolute Gasteiger partial charge is 0.454 e. The molecule has 2 N–H and O–H groups in total. The van der Waals surface area contributed by atoms with Crippen LogP contribution in [0, 0.1) is 11.3 Å². The Bertz CT molecular complexity index is 1960. The summed E-state index contributed by atoms with van der Waals surface area (Å²) >= 11 is 0. The molecule has 6 rings (SSSR count). The van der Waals surface area contributed by atoms with E-state index in [1.165, 1.54) is 24.0 Å². The number of urea groups is 1. The second-order valence-electron chi connectivity index (χ2n) is 12.4. The summed E-state index contributed by atoms with van der Waals surface area (Å²) in [4.78, 5) is 63.7. The van der Waals surface area contributed by atoms with Crippen molar-refractivity contribution < 1.29 is 57.1 Å². The molecule has 3 aliphatic heterocycles. The van der Waals surface area contributed by atoms with E-state index < -0.39 is 89.2 Å². The molecule has 0 saturated carbocycles. The Morgan fingerprint density at radius 3 is 2.67 bits per heavy atom. The lowest BCUT2D eigenvalue weighted by molar-refractivity contribution is -0.157. The molecule has 3 amide bonds. The van der Waals surface area contributed by atoms with Crippen LogP contribution in [-0.4, -0.2) is 111 Å². The summed E-state index contributed by atoms with van der Waals surface area (Å²) in [6, 6.07) is 9.64. The van der Waals surface area contributed by atoms with Gasteiger partial charge in [0, 0.05) is 26.1 Å². The van der Waals surface area contributed by atoms with Crippen molar-refractivity contribution in [2.45, 2.75) is 82.3 Å². The molecule has 3 unspecified atom stereocenters. The van der Waals surface area contributed by atoms with Crippen molar-refractivity contribution in [3.63, 3.8) is 0 Å². The first-order valence-corrected chi connectivity index (χ1v) is 18.1. The molecular formula is C34H37F2N8O10P. The number of ketones is 1. The Hall–Kier alpha value is -5.03. The highest BCUT2D eigenvalue weighted by molar-refractivity contribution is 7.41. The van der Waals surface area contributed by atoms with Gasteiger partial charge in [0.2, 0.25) is 0 Å². The van der Waals surface area contributed by atoms with Crippen LogP contribution < -0.4 is 10.6 Å². The SMILES string of the molecule is [2H]C[C@H]1O[C@@H](N2C=CCNC2=O)C(OP(OCCC#N)OC[C@H]2O[C@@H](n3cnc4c(NC(=O)c5ccccc5)ncnc43)C(OC(=O)CCC(C)=O)[C@H]2F)[C@H]1F. The molecule has 0 radical (unpaired) electrons. The first kappa shape index (κ1) is 38.3. The predicted molar refractivity (Wildman–Crippen MR) is 186 cm³/mol. The summed E-state index contributed by atoms with van der Waals surface area (Å²) < 4.78 is 75.7. The molecule has 0 aliphatic carbocycles. The lowest BCUT2D eigenvalue weighted by atomic mass is 10.1. The summed E-state index contributed by atoms with van der Waals surface area (Å²) in [5.41, 5.74) is 0.540. The van der Waals surface area contributed by atoms with Crippen molar-refractivity contribution in [2.75, 3.05) is 25.1 Å². The molecular weight excluding hydrogens is 749 g/mol. The number of carbonyl (C=O) groups excluding carboxylic acids is 4. The van der Waals surface area contributed by atoms with Crippen molar-refractivity contribution in [2.24, 2.45) is 0 Å². The van der Waals surface area contributed by atoms with Crippen molar-refractivity contribution >= 4 is 49.3 Å². The fourth-order valence-electron chi connectivity index (χ4n) is 5.77. The van der Waals surface area contributed by atoms with E-state index in [0.717, 1.165) is 11.2 Å². The molecule has 1 aromatic carbocycles. The summed E-state index contributed by atoms with van der Waals surface area (Å²) in [6.07, 6.45) is -7.83. The van der Waals surface area contributed by atoms with Crippen LogP contribution in [-0.2, 0) is 37.4 Å². The van der Waals surface area contributed by atoms with Crippen molar-refractivity contribution in [3.05, 3.63) is 60.8 Å². The molecule has 2 aromatic heterocycles. The fraction of sp³-hybridized carbons (Fsp3) is 0.471. The third kappa shape index (κ3) is 9.27. The number of hydrogen-bond donors (Lipinski definition) is 2. The lowest BCUT2D eigenvalue weighted by Crippen LogP contribution is -2.50. The Balaban J connectivity index is 1.23. The number of nitrogens with one attached hydrogen (secondary N) is 2. The molecule has 3 aromatic rings. The number of Topliss-reactive ketones (excluding diaryl/α,β-unsaturated/α-hetero) is 1. The number of imidazole rings is 1. The van der Waals surface area contributed by atoms with E-state index >= 15 is 8.78 Å². The number of aromatic nitrogens is 4. The standard InChI is InChI=1S/C34H37F2N8O10P/c1-19(45)10-11-23(46)53-27-25(36)22(52-32(27)44-18-41-26-29(39-17-40-30(26)44)42-31(47)21-8-4-3-5-9-21)16-50-55(49-15-6-12-37)54-28-24(35)20(2)51-33(28)43-14-7-13-38-34(43)48/h3-5,7-9,14,17-18,20,22,24-25,27-28,32-33H,6,10-11,13,15-16H2,1-2H3,(H,38,48)(H,39,40,42,47)/t20-,22-,24+,25+,27?,28?,32-,33-,55?/m1/s1/i2D. The van der Waals surface area contributed by atoms with E-state index in [4.69, 9.17) is 34.4 Å². The van der Waals surface area contributed by atoms with E-state index in [1.54, 1.807) is 36.4 Å². The average Bonchev–Trinajstić information content (AvgIpc) is 3.86. The van der Waals surface area contributed by atoms with Gasteiger partial charge in [-0.3, -0.25) is 19.1 Å². The van der Waals surface area contributed by atoms with Gasteiger partial charge in [0.25, 0.3) is 5.91 Å². The molecule has 0 spiro atoms. The number of anilines is 1. The summed E-state index contributed by atoms with van der Waals surface area (Å²) in [7, 11) is -2.58. The van der Waals surface area contributed by atoms with E-state index in [0.29, 0.717) is 5.56 Å². The van der Waals surface area contributed by atoms with Crippen LogP contribution in [0.25, 0.3) is 11.2 Å². The van der Waals surface area contributed by atoms with Gasteiger partial charge in [0.1, 0.15) is 24.3 Å². The quantitative estimate of drug-likeness (QED) is 0.120. The maximum absolute atomic E-state index is 16.4. The van der Waals surface area contributed by atoms with Crippen molar-refractivity contribution in [1.82, 2.24) is 29.7 Å². The maximum Gasteiger partial charge on any atom is 0.333 e. The van der Waals surface area contributed by atoms with Gasteiger partial charge in [-0.2, -0.15) is 5.26 Å². The van der Waals surface area contributed by atoms with E-state index in [2.05, 4.69) is 25.6 Å². The van der Waals surface area contributed by atoms with Crippen LogP contribution in [0.2, 0.25) is 0 Å². The normalized spacial score (nSPS) is 27.0. The summed E-state index contributed by atoms with van der Waals surface area (Å²) in [6.45, 7) is 0.193. The minimum atomic E-state index is -2.58. The van der Waals surface area contributed by atoms with Crippen molar-refractivity contribution in [1.29, 1.82) is 5.26 Å². The number of ether oxygens (including phenoxy) is 3. The molecule has 2 fully saturated rings. The number of nitrogens with zero attached hydrogens (tertiary/aromatic N) is 6. The number of nitriles is 1. The Kier molecular flexibility index (Phi) is 12.6. The Morgan fingerprint density at radius 2 is 1.93 bits per heavy atom. The van der Waals surface area contributed by atoms with Gasteiger partial charge in [-0.25, -0.2) is 28.5 Å². The van der Waals surface area contributed by atoms with Crippen LogP contribution in [0.1, 0.15) is 51.0 Å². The third-order valence-electron chi connectivity index (χ3n) is 8.49. The zero-order valence-electron chi connectivity index (χ0n) is 30.2. The zero-order valence-corrected chi connectivity index (χ0v) is 30.1. The molecule has 5 heterocycles. The van der Waals surface area contributed by atoms with Crippen LogP contribution in [0.4, 0.5) is 19.4 Å². The number of carbonyl (C=O) groups is 4. The average molecular weight is 788 g/mol. The topological polar surface area (TPSA) is 218 Å². The van der Waals surface area contributed by atoms with Gasteiger partial charge in [-0.1, -0.05) is 18.2 Å². The second kappa shape index (κ2) is 18.1. The lowest BCUT2D eigenvalue weighted by Gasteiger charge is -2.32. The highest BCUT2D eigenvalue weighted by atomic mass is 31.2. The maximum atomic E-state index is 16.4. The number of fused-ring (bicyclic) bond motifs is 1. The molecule has 0 bridgehead atoms. The van der Waals surface area contributed by atoms with Crippen LogP contribution in [0.15, 0.2) is 55.3 Å². The predicted octanol–water partition coefficient (Wildman–Crippen LogP) is 3.78. The monoisotopic (exact) mass is 787 g/mol. The number of amides is 3. The number of hydrogen-bond acceptors (Lipinski definition) is 14. The number of rotatable bonds is 16. The minimum absolute atomic E-state index is 0.0372. The van der Waals surface area contributed by atoms with Crippen LogP contribution in [0.5, 0.6) is 0 Å². The number of alkyl halides is 2. The fourth-order valence-corrected chi connectivity index (χ4v) is 6.89. The first-order valence-electron chi connectivity index (χ1n) is 17.7. The molecule has 55 heavy (non-hydrogen) atoms. The van der Waals surface area contributed by atoms with Gasteiger partial charge < -0.3 is 43.2 Å². The molecule has 18 nitrogen and oxygen atoms in total. The highest BCUT2D eigenvalue weighted by Gasteiger charge is 2.52. The van der Waals surface area contributed by atoms with Crippen LogP contribution >= 0.6 is 8.60 Å². The van der Waals surface area contributed by atoms with Crippen LogP contribution in [0.3, 0.4) is 0 Å². The zero-order chi connectivity index (χ0) is 39.8. The van der Waals surface area contributed by atoms with Gasteiger partial charge in [-0.05, 0) is 32.0 Å². The smallest absolute Gasteiger partial charge is 0.333 e. The Labute approximate surface area is 315 Å². The number of halogens is 2. The number of benzene rings is 1. The van der Waals surface area contributed by atoms with E-state index in [1.807, 2.05) is 6.07 Å². The van der Waals surface area contributed by atoms with Gasteiger partial charge in [0.15, 0.2) is 47.9 Å². The molecule has 9 atom stereocenters. The van der Waals surface area contributed by atoms with Gasteiger partial charge >= 0.3 is 20.6 Å². The highest BCUT2D eigenvalue weighted by Crippen LogP contribution is 2.47. The summed E-state index contributed by atoms with van der Waals surface area (Å²) in [5, 5.41) is 14.3. The van der Waals surface area contributed by atoms with E-state index in [-0.39, 0.29) is 55.2 Å². The Morgan fingerprint density at radius 1 is 1.11 bits per heavy atom. The van der Waals surface area contributed by atoms with Gasteiger partial charge in [-0.15, -0.1) is 0 Å². The second-order valence-corrected chi connectivity index (χ2v) is 13.5. The summed E-state index contributed by atoms with van der Waals surface area (Å²) in [5.74, 6) is -1.61. The van der Waals surface area contributed by atoms with Crippen molar-refractivity contribution in [3.8, 4) is 6.07 Å². The van der Waals surface area contributed by atoms with Gasteiger partial charge in [0.05, 0.1) is 44.6 Å². The minimum Gasteiger partial charge on any atom is -0.454 e. The third-order valence-corrected chi connectivity index (χ3v) is 9.66. The molecule has 3 aliphatic rings. The molecule has 292 valence electrons. The molecule has 21 heteroatoms.